The van der Waals surface area contributed by atoms with Crippen LogP contribution in [0.4, 0.5) is 0 Å². The van der Waals surface area contributed by atoms with Gasteiger partial charge < -0.3 is 0 Å². The second-order valence-electron chi connectivity index (χ2n) is 4.53. The normalized spacial score (nSPS) is 20.0. The van der Waals surface area contributed by atoms with Crippen LogP contribution in [0.15, 0.2) is 47.4 Å². The third kappa shape index (κ3) is 2.37. The first-order valence-electron chi connectivity index (χ1n) is 5.98. The van der Waals surface area contributed by atoms with Crippen LogP contribution < -0.4 is 0 Å². The molecule has 1 aliphatic carbocycles. The van der Waals surface area contributed by atoms with Gasteiger partial charge in [0.2, 0.25) is 0 Å². The van der Waals surface area contributed by atoms with E-state index in [9.17, 15) is 4.79 Å². The standard InChI is InChI=1S/C15H14OS/c16-13-6-8-15(10-13)17-14-7-5-11-3-1-2-4-12(11)9-14/h1-5,7,9,15H,6,8,10H2. The van der Waals surface area contributed by atoms with Crippen molar-refractivity contribution >= 4 is 28.3 Å². The minimum atomic E-state index is 0.420. The first-order chi connectivity index (χ1) is 8.31. The van der Waals surface area contributed by atoms with E-state index < -0.39 is 0 Å². The van der Waals surface area contributed by atoms with E-state index in [0.29, 0.717) is 11.0 Å². The molecule has 1 atom stereocenters. The number of hydrogen-bond acceptors (Lipinski definition) is 2. The highest BCUT2D eigenvalue weighted by Crippen LogP contribution is 2.34. The predicted octanol–water partition coefficient (Wildman–Crippen LogP) is 4.05. The Labute approximate surface area is 105 Å². The topological polar surface area (TPSA) is 17.1 Å². The van der Waals surface area contributed by atoms with Gasteiger partial charge in [0.05, 0.1) is 0 Å². The number of thioether (sulfide) groups is 1. The van der Waals surface area contributed by atoms with Crippen LogP contribution in [-0.2, 0) is 4.79 Å². The van der Waals surface area contributed by atoms with Crippen molar-refractivity contribution in [1.29, 1.82) is 0 Å². The largest absolute Gasteiger partial charge is 0.300 e. The average molecular weight is 242 g/mol. The Kier molecular flexibility index (Phi) is 2.89. The van der Waals surface area contributed by atoms with Gasteiger partial charge in [0.1, 0.15) is 5.78 Å². The Morgan fingerprint density at radius 2 is 1.88 bits per heavy atom. The molecule has 0 amide bonds. The molecule has 2 aromatic rings. The highest BCUT2D eigenvalue weighted by molar-refractivity contribution is 8.00. The minimum absolute atomic E-state index is 0.420. The van der Waals surface area contributed by atoms with E-state index in [2.05, 4.69) is 42.5 Å². The molecule has 0 aromatic heterocycles. The van der Waals surface area contributed by atoms with Gasteiger partial charge >= 0.3 is 0 Å². The SMILES string of the molecule is O=C1CCC(Sc2ccc3ccccc3c2)C1. The van der Waals surface area contributed by atoms with E-state index >= 15 is 0 Å². The summed E-state index contributed by atoms with van der Waals surface area (Å²) in [5.74, 6) is 0.420. The highest BCUT2D eigenvalue weighted by atomic mass is 32.2. The van der Waals surface area contributed by atoms with Crippen molar-refractivity contribution in [2.24, 2.45) is 0 Å². The van der Waals surface area contributed by atoms with Crippen molar-refractivity contribution < 1.29 is 4.79 Å². The van der Waals surface area contributed by atoms with Crippen LogP contribution in [0, 0.1) is 0 Å². The van der Waals surface area contributed by atoms with Gasteiger partial charge in [-0.25, -0.2) is 0 Å². The second-order valence-corrected chi connectivity index (χ2v) is 5.90. The monoisotopic (exact) mass is 242 g/mol. The van der Waals surface area contributed by atoms with E-state index in [0.717, 1.165) is 19.3 Å². The lowest BCUT2D eigenvalue weighted by atomic mass is 10.1. The summed E-state index contributed by atoms with van der Waals surface area (Å²) in [6, 6.07) is 14.9. The molecular formula is C15H14OS. The molecule has 0 spiro atoms. The molecule has 0 aliphatic heterocycles. The van der Waals surface area contributed by atoms with Gasteiger partial charge in [0.25, 0.3) is 0 Å². The zero-order valence-corrected chi connectivity index (χ0v) is 10.4. The average Bonchev–Trinajstić information content (AvgIpc) is 2.75. The van der Waals surface area contributed by atoms with Crippen LogP contribution in [0.2, 0.25) is 0 Å². The summed E-state index contributed by atoms with van der Waals surface area (Å²) in [7, 11) is 0. The minimum Gasteiger partial charge on any atom is -0.300 e. The van der Waals surface area contributed by atoms with E-state index in [-0.39, 0.29) is 0 Å². The molecule has 1 fully saturated rings. The molecular weight excluding hydrogens is 228 g/mol. The molecule has 0 heterocycles. The van der Waals surface area contributed by atoms with E-state index in [4.69, 9.17) is 0 Å². The number of carbonyl (C=O) groups excluding carboxylic acids is 1. The molecule has 0 N–H and O–H groups in total. The molecule has 1 unspecified atom stereocenters. The first kappa shape index (κ1) is 10.8. The van der Waals surface area contributed by atoms with E-state index in [1.807, 2.05) is 11.8 Å². The molecule has 2 aromatic carbocycles. The van der Waals surface area contributed by atoms with Crippen LogP contribution in [-0.4, -0.2) is 11.0 Å². The van der Waals surface area contributed by atoms with E-state index in [1.54, 1.807) is 0 Å². The first-order valence-corrected chi connectivity index (χ1v) is 6.86. The lowest BCUT2D eigenvalue weighted by molar-refractivity contribution is -0.117. The van der Waals surface area contributed by atoms with Crippen LogP contribution >= 0.6 is 11.8 Å². The maximum Gasteiger partial charge on any atom is 0.134 e. The van der Waals surface area contributed by atoms with Crippen LogP contribution in [0.3, 0.4) is 0 Å². The second kappa shape index (κ2) is 4.53. The fraction of sp³-hybridized carbons (Fsp3) is 0.267. The number of carbonyl (C=O) groups is 1. The Hall–Kier alpha value is -1.28. The van der Waals surface area contributed by atoms with Crippen molar-refractivity contribution in [2.75, 3.05) is 0 Å². The van der Waals surface area contributed by atoms with Gasteiger partial charge in [-0.15, -0.1) is 11.8 Å². The number of hydrogen-bond donors (Lipinski definition) is 0. The molecule has 86 valence electrons. The third-order valence-electron chi connectivity index (χ3n) is 3.22. The maximum absolute atomic E-state index is 11.2. The van der Waals surface area contributed by atoms with Crippen LogP contribution in [0.5, 0.6) is 0 Å². The predicted molar refractivity (Wildman–Crippen MR) is 72.5 cm³/mol. The quantitative estimate of drug-likeness (QED) is 0.790. The summed E-state index contributed by atoms with van der Waals surface area (Å²) in [5, 5.41) is 3.05. The molecule has 2 heteroatoms. The number of Topliss-reactive ketones (excluding diaryl/α,β-unsaturated/α-hetero) is 1. The zero-order valence-electron chi connectivity index (χ0n) is 9.56. The Bertz CT molecular complexity index is 562. The van der Waals surface area contributed by atoms with Gasteiger partial charge in [-0.3, -0.25) is 4.79 Å². The molecule has 0 saturated heterocycles. The third-order valence-corrected chi connectivity index (χ3v) is 4.49. The Balaban J connectivity index is 1.83. The Morgan fingerprint density at radius 3 is 2.65 bits per heavy atom. The van der Waals surface area contributed by atoms with Gasteiger partial charge in [0.15, 0.2) is 0 Å². The number of benzene rings is 2. The molecule has 0 radical (unpaired) electrons. The van der Waals surface area contributed by atoms with Gasteiger partial charge in [-0.1, -0.05) is 30.3 Å². The summed E-state index contributed by atoms with van der Waals surface area (Å²) in [6.07, 6.45) is 2.55. The zero-order chi connectivity index (χ0) is 11.7. The highest BCUT2D eigenvalue weighted by Gasteiger charge is 2.22. The number of rotatable bonds is 2. The molecule has 1 saturated carbocycles. The van der Waals surface area contributed by atoms with Gasteiger partial charge in [-0.2, -0.15) is 0 Å². The molecule has 0 bridgehead atoms. The van der Waals surface area contributed by atoms with Crippen molar-refractivity contribution in [1.82, 2.24) is 0 Å². The summed E-state index contributed by atoms with van der Waals surface area (Å²) >= 11 is 1.85. The van der Waals surface area contributed by atoms with Gasteiger partial charge in [-0.05, 0) is 29.3 Å². The molecule has 17 heavy (non-hydrogen) atoms. The molecule has 3 rings (SSSR count). The lowest BCUT2D eigenvalue weighted by Crippen LogP contribution is -1.95. The molecule has 1 aliphatic rings. The number of ketones is 1. The smallest absolute Gasteiger partial charge is 0.134 e. The lowest BCUT2D eigenvalue weighted by Gasteiger charge is -2.08. The van der Waals surface area contributed by atoms with Crippen molar-refractivity contribution in [2.45, 2.75) is 29.4 Å². The summed E-state index contributed by atoms with van der Waals surface area (Å²) in [5.41, 5.74) is 0. The van der Waals surface area contributed by atoms with E-state index in [1.165, 1.54) is 15.7 Å². The Morgan fingerprint density at radius 1 is 1.06 bits per heavy atom. The fourth-order valence-corrected chi connectivity index (χ4v) is 3.55. The van der Waals surface area contributed by atoms with Crippen molar-refractivity contribution in [3.63, 3.8) is 0 Å². The van der Waals surface area contributed by atoms with Gasteiger partial charge in [0, 0.05) is 23.0 Å². The fourth-order valence-electron chi connectivity index (χ4n) is 2.31. The molecule has 1 nitrogen and oxygen atoms in total. The summed E-state index contributed by atoms with van der Waals surface area (Å²) in [4.78, 5) is 12.5. The van der Waals surface area contributed by atoms with Crippen LogP contribution in [0.1, 0.15) is 19.3 Å². The van der Waals surface area contributed by atoms with Crippen molar-refractivity contribution in [3.8, 4) is 0 Å². The maximum atomic E-state index is 11.2. The van der Waals surface area contributed by atoms with Crippen molar-refractivity contribution in [3.05, 3.63) is 42.5 Å². The summed E-state index contributed by atoms with van der Waals surface area (Å²) < 4.78 is 0. The summed E-state index contributed by atoms with van der Waals surface area (Å²) in [6.45, 7) is 0. The number of fused-ring (bicyclic) bond motifs is 1. The van der Waals surface area contributed by atoms with Crippen LogP contribution in [0.25, 0.3) is 10.8 Å².